The summed E-state index contributed by atoms with van der Waals surface area (Å²) in [7, 11) is 0. The summed E-state index contributed by atoms with van der Waals surface area (Å²) in [6.45, 7) is 2.53. The van der Waals surface area contributed by atoms with Crippen LogP contribution in [0.4, 0.5) is 0 Å². The highest BCUT2D eigenvalue weighted by atomic mass is 16.3. The molecule has 0 spiro atoms. The number of aliphatic hydroxyl groups excluding tert-OH is 1. The Morgan fingerprint density at radius 1 is 1.78 bits per heavy atom. The van der Waals surface area contributed by atoms with Gasteiger partial charge in [-0.05, 0) is 30.8 Å². The van der Waals surface area contributed by atoms with Crippen molar-refractivity contribution in [3.05, 3.63) is 11.6 Å². The molecule has 0 aromatic rings. The van der Waals surface area contributed by atoms with Gasteiger partial charge in [0.2, 0.25) is 0 Å². The van der Waals surface area contributed by atoms with Crippen molar-refractivity contribution in [3.63, 3.8) is 0 Å². The Morgan fingerprint density at radius 2 is 2.56 bits per heavy atom. The van der Waals surface area contributed by atoms with Crippen LogP contribution in [0.5, 0.6) is 0 Å². The lowest BCUT2D eigenvalue weighted by molar-refractivity contribution is 0.318. The molecule has 0 saturated carbocycles. The largest absolute Gasteiger partial charge is 0.392 e. The number of hydrogen-bond acceptors (Lipinski definition) is 1. The maximum atomic E-state index is 8.71. The van der Waals surface area contributed by atoms with E-state index in [-0.39, 0.29) is 6.61 Å². The highest BCUT2D eigenvalue weighted by Crippen LogP contribution is 2.21. The van der Waals surface area contributed by atoms with Crippen LogP contribution in [0.1, 0.15) is 26.2 Å². The maximum Gasteiger partial charge on any atom is 0.0641 e. The summed E-state index contributed by atoms with van der Waals surface area (Å²) < 4.78 is 0. The van der Waals surface area contributed by atoms with Crippen LogP contribution in [0.25, 0.3) is 0 Å². The topological polar surface area (TPSA) is 20.2 Å². The predicted octanol–water partition coefficient (Wildman–Crippen LogP) is 1.73. The molecule has 1 heteroatoms. The highest BCUT2D eigenvalue weighted by Gasteiger charge is 2.07. The fourth-order valence-corrected chi connectivity index (χ4v) is 1.16. The minimum atomic E-state index is 0.271. The molecule has 9 heavy (non-hydrogen) atoms. The second-order valence-electron chi connectivity index (χ2n) is 2.90. The molecule has 0 amide bonds. The fraction of sp³-hybridized carbons (Fsp3) is 0.750. The highest BCUT2D eigenvalue weighted by molar-refractivity contribution is 5.05. The Morgan fingerprint density at radius 3 is 3.00 bits per heavy atom. The molecule has 0 unspecified atom stereocenters. The van der Waals surface area contributed by atoms with Crippen LogP contribution in [0, 0.1) is 5.92 Å². The van der Waals surface area contributed by atoms with Crippen LogP contribution in [-0.2, 0) is 0 Å². The van der Waals surface area contributed by atoms with E-state index in [1.54, 1.807) is 0 Å². The third kappa shape index (κ3) is 1.83. The van der Waals surface area contributed by atoms with Crippen molar-refractivity contribution < 1.29 is 5.11 Å². The first-order valence-corrected chi connectivity index (χ1v) is 3.61. The minimum Gasteiger partial charge on any atom is -0.392 e. The molecular formula is C8H14O. The Bertz CT molecular complexity index is 116. The van der Waals surface area contributed by atoms with Gasteiger partial charge in [-0.25, -0.2) is 0 Å². The summed E-state index contributed by atoms with van der Waals surface area (Å²) in [6.07, 6.45) is 5.70. The van der Waals surface area contributed by atoms with Crippen molar-refractivity contribution in [2.75, 3.05) is 6.61 Å². The fourth-order valence-electron chi connectivity index (χ4n) is 1.16. The van der Waals surface area contributed by atoms with E-state index in [0.29, 0.717) is 0 Å². The van der Waals surface area contributed by atoms with Crippen LogP contribution in [0.3, 0.4) is 0 Å². The van der Waals surface area contributed by atoms with Crippen molar-refractivity contribution in [1.29, 1.82) is 0 Å². The summed E-state index contributed by atoms with van der Waals surface area (Å²) in [5, 5.41) is 8.71. The Labute approximate surface area is 56.4 Å². The number of aliphatic hydroxyl groups is 1. The van der Waals surface area contributed by atoms with Gasteiger partial charge < -0.3 is 5.11 Å². The summed E-state index contributed by atoms with van der Waals surface area (Å²) in [6, 6.07) is 0. The van der Waals surface area contributed by atoms with Gasteiger partial charge in [0.15, 0.2) is 0 Å². The molecule has 1 atom stereocenters. The van der Waals surface area contributed by atoms with Crippen LogP contribution < -0.4 is 0 Å². The molecular weight excluding hydrogens is 112 g/mol. The van der Waals surface area contributed by atoms with Crippen molar-refractivity contribution in [3.8, 4) is 0 Å². The first-order valence-electron chi connectivity index (χ1n) is 3.61. The molecule has 0 saturated heterocycles. The molecule has 1 aliphatic carbocycles. The van der Waals surface area contributed by atoms with E-state index < -0.39 is 0 Å². The monoisotopic (exact) mass is 126 g/mol. The Balaban J connectivity index is 2.40. The average molecular weight is 126 g/mol. The maximum absolute atomic E-state index is 8.71. The number of rotatable bonds is 1. The first kappa shape index (κ1) is 6.81. The van der Waals surface area contributed by atoms with Gasteiger partial charge >= 0.3 is 0 Å². The second-order valence-corrected chi connectivity index (χ2v) is 2.90. The van der Waals surface area contributed by atoms with Gasteiger partial charge in [-0.2, -0.15) is 0 Å². The van der Waals surface area contributed by atoms with Gasteiger partial charge in [-0.1, -0.05) is 13.0 Å². The third-order valence-corrected chi connectivity index (χ3v) is 1.97. The molecule has 52 valence electrons. The predicted molar refractivity (Wildman–Crippen MR) is 38.2 cm³/mol. The van der Waals surface area contributed by atoms with Gasteiger partial charge in [-0.3, -0.25) is 0 Å². The molecule has 0 fully saturated rings. The van der Waals surface area contributed by atoms with Gasteiger partial charge in [0.1, 0.15) is 0 Å². The summed E-state index contributed by atoms with van der Waals surface area (Å²) in [5.74, 6) is 0.834. The zero-order chi connectivity index (χ0) is 6.69. The van der Waals surface area contributed by atoms with Crippen LogP contribution in [0.2, 0.25) is 0 Å². The van der Waals surface area contributed by atoms with Crippen molar-refractivity contribution in [2.24, 2.45) is 5.92 Å². The van der Waals surface area contributed by atoms with Crippen LogP contribution in [-0.4, -0.2) is 11.7 Å². The normalized spacial score (nSPS) is 27.8. The van der Waals surface area contributed by atoms with Gasteiger partial charge in [-0.15, -0.1) is 0 Å². The number of hydrogen-bond donors (Lipinski definition) is 1. The molecule has 1 rings (SSSR count). The van der Waals surface area contributed by atoms with E-state index in [9.17, 15) is 0 Å². The standard InChI is InChI=1S/C8H14O/c1-7-2-4-8(6-9)5-3-7/h4,7,9H,2-3,5-6H2,1H3/t7-/m0/s1. The van der Waals surface area contributed by atoms with Crippen molar-refractivity contribution >= 4 is 0 Å². The van der Waals surface area contributed by atoms with Gasteiger partial charge in [0.25, 0.3) is 0 Å². The van der Waals surface area contributed by atoms with Crippen LogP contribution in [0.15, 0.2) is 11.6 Å². The molecule has 0 aromatic heterocycles. The van der Waals surface area contributed by atoms with E-state index >= 15 is 0 Å². The minimum absolute atomic E-state index is 0.271. The molecule has 1 aliphatic rings. The average Bonchev–Trinajstić information content (AvgIpc) is 1.90. The first-order chi connectivity index (χ1) is 4.33. The zero-order valence-electron chi connectivity index (χ0n) is 5.93. The lowest BCUT2D eigenvalue weighted by atomic mass is 9.92. The lowest BCUT2D eigenvalue weighted by Gasteiger charge is -2.15. The summed E-state index contributed by atoms with van der Waals surface area (Å²) >= 11 is 0. The molecule has 1 N–H and O–H groups in total. The Kier molecular flexibility index (Phi) is 2.29. The van der Waals surface area contributed by atoms with Crippen molar-refractivity contribution in [1.82, 2.24) is 0 Å². The number of allylic oxidation sites excluding steroid dienone is 1. The van der Waals surface area contributed by atoms with E-state index in [1.165, 1.54) is 12.0 Å². The SMILES string of the molecule is C[C@H]1CC=C(CO)CC1. The molecule has 0 bridgehead atoms. The quantitative estimate of drug-likeness (QED) is 0.530. The molecule has 1 nitrogen and oxygen atoms in total. The van der Waals surface area contributed by atoms with E-state index in [2.05, 4.69) is 13.0 Å². The van der Waals surface area contributed by atoms with E-state index in [1.807, 2.05) is 0 Å². The van der Waals surface area contributed by atoms with Crippen molar-refractivity contribution in [2.45, 2.75) is 26.2 Å². The van der Waals surface area contributed by atoms with E-state index in [4.69, 9.17) is 5.11 Å². The molecule has 0 heterocycles. The molecule has 0 radical (unpaired) electrons. The molecule has 0 aliphatic heterocycles. The second kappa shape index (κ2) is 3.02. The third-order valence-electron chi connectivity index (χ3n) is 1.97. The summed E-state index contributed by atoms with van der Waals surface area (Å²) in [4.78, 5) is 0. The van der Waals surface area contributed by atoms with E-state index in [0.717, 1.165) is 18.8 Å². The van der Waals surface area contributed by atoms with Gasteiger partial charge in [0, 0.05) is 0 Å². The van der Waals surface area contributed by atoms with Crippen LogP contribution >= 0.6 is 0 Å². The molecule has 0 aromatic carbocycles. The zero-order valence-corrected chi connectivity index (χ0v) is 5.93. The lowest BCUT2D eigenvalue weighted by Crippen LogP contribution is -2.03. The Hall–Kier alpha value is -0.300. The smallest absolute Gasteiger partial charge is 0.0641 e. The van der Waals surface area contributed by atoms with Gasteiger partial charge in [0.05, 0.1) is 6.61 Å². The summed E-state index contributed by atoms with van der Waals surface area (Å²) in [5.41, 5.74) is 1.23.